The first kappa shape index (κ1) is 12.9. The van der Waals surface area contributed by atoms with Crippen molar-refractivity contribution in [1.82, 2.24) is 5.32 Å². The molecular formula is C17H21NS. The Morgan fingerprint density at radius 1 is 1.21 bits per heavy atom. The lowest BCUT2D eigenvalue weighted by atomic mass is 9.91. The number of rotatable bonds is 6. The van der Waals surface area contributed by atoms with Crippen LogP contribution in [-0.2, 0) is 6.42 Å². The summed E-state index contributed by atoms with van der Waals surface area (Å²) in [4.78, 5) is 1.49. The molecule has 1 aromatic carbocycles. The van der Waals surface area contributed by atoms with Crippen LogP contribution in [0, 0.1) is 6.92 Å². The lowest BCUT2D eigenvalue weighted by Gasteiger charge is -2.19. The molecule has 1 fully saturated rings. The maximum Gasteiger partial charge on any atom is 0.00684 e. The summed E-state index contributed by atoms with van der Waals surface area (Å²) in [6.07, 6.45) is 3.88. The van der Waals surface area contributed by atoms with Crippen LogP contribution in [0.4, 0.5) is 0 Å². The predicted molar refractivity (Wildman–Crippen MR) is 83.0 cm³/mol. The quantitative estimate of drug-likeness (QED) is 0.833. The van der Waals surface area contributed by atoms with Gasteiger partial charge in [0, 0.05) is 23.4 Å². The Kier molecular flexibility index (Phi) is 4.00. The van der Waals surface area contributed by atoms with Crippen LogP contribution in [0.3, 0.4) is 0 Å². The van der Waals surface area contributed by atoms with E-state index in [1.165, 1.54) is 28.8 Å². The molecule has 0 amide bonds. The summed E-state index contributed by atoms with van der Waals surface area (Å²) in [5.74, 6) is 0.598. The van der Waals surface area contributed by atoms with E-state index in [4.69, 9.17) is 0 Å². The van der Waals surface area contributed by atoms with E-state index >= 15 is 0 Å². The van der Waals surface area contributed by atoms with Crippen LogP contribution >= 0.6 is 11.3 Å². The third-order valence-electron chi connectivity index (χ3n) is 3.89. The molecule has 0 spiro atoms. The number of benzene rings is 1. The Balaban J connectivity index is 1.76. The van der Waals surface area contributed by atoms with Gasteiger partial charge < -0.3 is 5.32 Å². The third-order valence-corrected chi connectivity index (χ3v) is 4.78. The summed E-state index contributed by atoms with van der Waals surface area (Å²) in [5, 5.41) is 5.88. The lowest BCUT2D eigenvalue weighted by Crippen LogP contribution is -2.25. The normalized spacial score (nSPS) is 16.5. The summed E-state index contributed by atoms with van der Waals surface area (Å²) in [6.45, 7) is 3.33. The van der Waals surface area contributed by atoms with Gasteiger partial charge in [-0.05, 0) is 48.8 Å². The SMILES string of the molecule is Cc1ccccc1C(CNC1CC1)Cc1cccs1. The van der Waals surface area contributed by atoms with Gasteiger partial charge in [0.15, 0.2) is 0 Å². The van der Waals surface area contributed by atoms with E-state index in [1.807, 2.05) is 11.3 Å². The van der Waals surface area contributed by atoms with Crippen molar-refractivity contribution >= 4 is 11.3 Å². The Bertz CT molecular complexity index is 514. The molecule has 2 heteroatoms. The summed E-state index contributed by atoms with van der Waals surface area (Å²) in [5.41, 5.74) is 2.92. The van der Waals surface area contributed by atoms with Crippen molar-refractivity contribution in [3.63, 3.8) is 0 Å². The Labute approximate surface area is 119 Å². The average Bonchev–Trinajstić information content (AvgIpc) is 3.11. The topological polar surface area (TPSA) is 12.0 Å². The van der Waals surface area contributed by atoms with E-state index in [0.717, 1.165) is 19.0 Å². The van der Waals surface area contributed by atoms with E-state index in [0.29, 0.717) is 5.92 Å². The van der Waals surface area contributed by atoms with Crippen LogP contribution in [0.15, 0.2) is 41.8 Å². The molecule has 19 heavy (non-hydrogen) atoms. The number of hydrogen-bond donors (Lipinski definition) is 1. The first-order valence-electron chi connectivity index (χ1n) is 7.14. The molecule has 1 saturated carbocycles. The van der Waals surface area contributed by atoms with Crippen LogP contribution < -0.4 is 5.32 Å². The van der Waals surface area contributed by atoms with Crippen molar-refractivity contribution in [1.29, 1.82) is 0 Å². The van der Waals surface area contributed by atoms with Crippen LogP contribution in [0.2, 0.25) is 0 Å². The molecule has 3 rings (SSSR count). The monoisotopic (exact) mass is 271 g/mol. The second-order valence-corrected chi connectivity index (χ2v) is 6.55. The molecule has 0 aliphatic heterocycles. The first-order valence-corrected chi connectivity index (χ1v) is 8.02. The molecular weight excluding hydrogens is 250 g/mol. The average molecular weight is 271 g/mol. The minimum absolute atomic E-state index is 0.598. The first-order chi connectivity index (χ1) is 9.33. The van der Waals surface area contributed by atoms with Crippen molar-refractivity contribution < 1.29 is 0 Å². The summed E-state index contributed by atoms with van der Waals surface area (Å²) < 4.78 is 0. The van der Waals surface area contributed by atoms with Gasteiger partial charge in [-0.3, -0.25) is 0 Å². The van der Waals surface area contributed by atoms with Crippen LogP contribution in [0.5, 0.6) is 0 Å². The lowest BCUT2D eigenvalue weighted by molar-refractivity contribution is 0.578. The predicted octanol–water partition coefficient (Wildman–Crippen LogP) is 4.13. The van der Waals surface area contributed by atoms with Gasteiger partial charge in [0.05, 0.1) is 0 Å². The van der Waals surface area contributed by atoms with Gasteiger partial charge in [0.2, 0.25) is 0 Å². The number of nitrogens with one attached hydrogen (secondary N) is 1. The van der Waals surface area contributed by atoms with E-state index in [2.05, 4.69) is 54.0 Å². The van der Waals surface area contributed by atoms with E-state index in [1.54, 1.807) is 0 Å². The van der Waals surface area contributed by atoms with Crippen molar-refractivity contribution in [3.8, 4) is 0 Å². The molecule has 1 atom stereocenters. The molecule has 0 saturated heterocycles. The maximum atomic E-state index is 3.70. The molecule has 1 N–H and O–H groups in total. The number of hydrogen-bond acceptors (Lipinski definition) is 2. The highest BCUT2D eigenvalue weighted by Gasteiger charge is 2.23. The minimum atomic E-state index is 0.598. The minimum Gasteiger partial charge on any atom is -0.313 e. The second-order valence-electron chi connectivity index (χ2n) is 5.52. The van der Waals surface area contributed by atoms with E-state index in [-0.39, 0.29) is 0 Å². The van der Waals surface area contributed by atoms with Crippen molar-refractivity contribution in [2.75, 3.05) is 6.54 Å². The second kappa shape index (κ2) is 5.89. The molecule has 100 valence electrons. The van der Waals surface area contributed by atoms with Crippen LogP contribution in [-0.4, -0.2) is 12.6 Å². The highest BCUT2D eigenvalue weighted by Crippen LogP contribution is 2.27. The van der Waals surface area contributed by atoms with Gasteiger partial charge in [-0.1, -0.05) is 30.3 Å². The van der Waals surface area contributed by atoms with Gasteiger partial charge in [0.25, 0.3) is 0 Å². The van der Waals surface area contributed by atoms with Crippen LogP contribution in [0.1, 0.15) is 34.8 Å². The molecule has 1 unspecified atom stereocenters. The largest absolute Gasteiger partial charge is 0.313 e. The Morgan fingerprint density at radius 2 is 2.05 bits per heavy atom. The number of thiophene rings is 1. The molecule has 1 aromatic heterocycles. The van der Waals surface area contributed by atoms with Gasteiger partial charge in [-0.2, -0.15) is 0 Å². The van der Waals surface area contributed by atoms with Gasteiger partial charge in [-0.15, -0.1) is 11.3 Å². The van der Waals surface area contributed by atoms with Gasteiger partial charge in [-0.25, -0.2) is 0 Å². The highest BCUT2D eigenvalue weighted by molar-refractivity contribution is 7.09. The molecule has 1 aliphatic rings. The molecule has 0 bridgehead atoms. The molecule has 0 radical (unpaired) electrons. The molecule has 1 nitrogen and oxygen atoms in total. The number of aryl methyl sites for hydroxylation is 1. The summed E-state index contributed by atoms with van der Waals surface area (Å²) in [6, 6.07) is 14.0. The molecule has 1 heterocycles. The van der Waals surface area contributed by atoms with E-state index in [9.17, 15) is 0 Å². The van der Waals surface area contributed by atoms with Gasteiger partial charge >= 0.3 is 0 Å². The van der Waals surface area contributed by atoms with Crippen molar-refractivity contribution in [3.05, 3.63) is 57.8 Å². The zero-order chi connectivity index (χ0) is 13.1. The smallest absolute Gasteiger partial charge is 0.00684 e. The Morgan fingerprint density at radius 3 is 2.74 bits per heavy atom. The Hall–Kier alpha value is -1.12. The summed E-state index contributed by atoms with van der Waals surface area (Å²) in [7, 11) is 0. The highest BCUT2D eigenvalue weighted by atomic mass is 32.1. The fourth-order valence-electron chi connectivity index (χ4n) is 2.60. The third kappa shape index (κ3) is 3.46. The zero-order valence-corrected chi connectivity index (χ0v) is 12.2. The van der Waals surface area contributed by atoms with Crippen molar-refractivity contribution in [2.45, 2.75) is 38.1 Å². The fourth-order valence-corrected chi connectivity index (χ4v) is 3.39. The van der Waals surface area contributed by atoms with Gasteiger partial charge in [0.1, 0.15) is 0 Å². The maximum absolute atomic E-state index is 3.70. The molecule has 2 aromatic rings. The summed E-state index contributed by atoms with van der Waals surface area (Å²) >= 11 is 1.87. The zero-order valence-electron chi connectivity index (χ0n) is 11.4. The standard InChI is InChI=1S/C17H21NS/c1-13-5-2-3-7-17(13)14(12-18-15-8-9-15)11-16-6-4-10-19-16/h2-7,10,14-15,18H,8-9,11-12H2,1H3. The molecule has 1 aliphatic carbocycles. The van der Waals surface area contributed by atoms with Crippen molar-refractivity contribution in [2.24, 2.45) is 0 Å². The fraction of sp³-hybridized carbons (Fsp3) is 0.412. The van der Waals surface area contributed by atoms with E-state index < -0.39 is 0 Å². The van der Waals surface area contributed by atoms with Crippen LogP contribution in [0.25, 0.3) is 0 Å².